The Bertz CT molecular complexity index is 1970. The third-order valence-corrected chi connectivity index (χ3v) is 7.29. The highest BCUT2D eigenvalue weighted by molar-refractivity contribution is 6.31. The minimum Gasteiger partial charge on any atom is -0.321 e. The molecule has 0 aliphatic heterocycles. The normalized spacial score (nSPS) is 11.2. The molecule has 0 saturated carbocycles. The van der Waals surface area contributed by atoms with Crippen LogP contribution in [0.1, 0.15) is 11.1 Å². The van der Waals surface area contributed by atoms with Gasteiger partial charge in [-0.3, -0.25) is 14.2 Å². The molecule has 0 spiro atoms. The summed E-state index contributed by atoms with van der Waals surface area (Å²) in [6, 6.07) is 31.9. The van der Waals surface area contributed by atoms with Crippen molar-refractivity contribution >= 4 is 22.5 Å². The maximum atomic E-state index is 14.0. The topological polar surface area (TPSA) is 67.8 Å². The molecule has 0 saturated heterocycles. The predicted molar refractivity (Wildman–Crippen MR) is 159 cm³/mol. The lowest BCUT2D eigenvalue weighted by molar-refractivity contribution is 0.973. The Morgan fingerprint density at radius 1 is 0.769 bits per heavy atom. The summed E-state index contributed by atoms with van der Waals surface area (Å²) in [6.07, 6.45) is 0. The minimum absolute atomic E-state index is 0.210. The molecular formula is C33H24ClN3O2. The number of pyridine rings is 1. The lowest BCUT2D eigenvalue weighted by Crippen LogP contribution is -2.23. The van der Waals surface area contributed by atoms with Gasteiger partial charge in [0, 0.05) is 16.3 Å². The highest BCUT2D eigenvalue weighted by Crippen LogP contribution is 2.33. The number of aryl methyl sites for hydroxylation is 2. The quantitative estimate of drug-likeness (QED) is 0.259. The lowest BCUT2D eigenvalue weighted by atomic mass is 9.97. The molecule has 0 unspecified atom stereocenters. The molecule has 1 N–H and O–H groups in total. The van der Waals surface area contributed by atoms with Gasteiger partial charge in [0.2, 0.25) is 0 Å². The summed E-state index contributed by atoms with van der Waals surface area (Å²) in [4.78, 5) is 35.8. The number of hydrogen-bond donors (Lipinski definition) is 1. The van der Waals surface area contributed by atoms with Crippen molar-refractivity contribution in [2.75, 3.05) is 0 Å². The van der Waals surface area contributed by atoms with E-state index in [9.17, 15) is 9.59 Å². The first-order valence-corrected chi connectivity index (χ1v) is 13.0. The van der Waals surface area contributed by atoms with E-state index in [0.29, 0.717) is 44.3 Å². The lowest BCUT2D eigenvalue weighted by Gasteiger charge is -2.18. The number of hydrogen-bond acceptors (Lipinski definition) is 3. The van der Waals surface area contributed by atoms with E-state index in [4.69, 9.17) is 16.6 Å². The van der Waals surface area contributed by atoms with Crippen LogP contribution in [0.5, 0.6) is 0 Å². The van der Waals surface area contributed by atoms with Crippen LogP contribution in [0.3, 0.4) is 0 Å². The molecule has 4 aromatic carbocycles. The fraction of sp³-hybridized carbons (Fsp3) is 0.0606. The average molecular weight is 530 g/mol. The summed E-state index contributed by atoms with van der Waals surface area (Å²) in [5, 5.41) is 1.10. The van der Waals surface area contributed by atoms with Gasteiger partial charge in [-0.25, -0.2) is 4.98 Å². The van der Waals surface area contributed by atoms with Crippen LogP contribution in [0.2, 0.25) is 5.02 Å². The van der Waals surface area contributed by atoms with E-state index < -0.39 is 0 Å². The van der Waals surface area contributed by atoms with E-state index in [1.54, 1.807) is 10.6 Å². The Kier molecular flexibility index (Phi) is 6.21. The number of benzene rings is 4. The van der Waals surface area contributed by atoms with Crippen molar-refractivity contribution in [2.24, 2.45) is 0 Å². The predicted octanol–water partition coefficient (Wildman–Crippen LogP) is 7.35. The Morgan fingerprint density at radius 3 is 2.23 bits per heavy atom. The van der Waals surface area contributed by atoms with Crippen LogP contribution in [0.15, 0.2) is 113 Å². The van der Waals surface area contributed by atoms with Crippen molar-refractivity contribution in [1.82, 2.24) is 14.5 Å². The molecule has 0 amide bonds. The van der Waals surface area contributed by atoms with Crippen molar-refractivity contribution in [3.05, 3.63) is 140 Å². The summed E-state index contributed by atoms with van der Waals surface area (Å²) in [7, 11) is 0. The highest BCUT2D eigenvalue weighted by atomic mass is 35.5. The van der Waals surface area contributed by atoms with Crippen LogP contribution in [0.4, 0.5) is 0 Å². The summed E-state index contributed by atoms with van der Waals surface area (Å²) >= 11 is 6.44. The molecule has 0 bridgehead atoms. The first kappa shape index (κ1) is 24.6. The van der Waals surface area contributed by atoms with Crippen LogP contribution >= 0.6 is 11.6 Å². The van der Waals surface area contributed by atoms with Crippen LogP contribution < -0.4 is 11.1 Å². The number of nitrogens with one attached hydrogen (secondary N) is 1. The first-order valence-electron chi connectivity index (χ1n) is 12.6. The monoisotopic (exact) mass is 529 g/mol. The van der Waals surface area contributed by atoms with Crippen LogP contribution in [0, 0.1) is 13.8 Å². The van der Waals surface area contributed by atoms with E-state index in [1.165, 1.54) is 0 Å². The molecule has 6 rings (SSSR count). The molecule has 5 nitrogen and oxygen atoms in total. The summed E-state index contributed by atoms with van der Waals surface area (Å²) < 4.78 is 1.59. The fourth-order valence-electron chi connectivity index (χ4n) is 4.79. The van der Waals surface area contributed by atoms with Gasteiger partial charge in [-0.1, -0.05) is 83.9 Å². The number of nitrogens with zero attached hydrogens (tertiary/aromatic N) is 2. The van der Waals surface area contributed by atoms with Crippen molar-refractivity contribution < 1.29 is 0 Å². The molecule has 190 valence electrons. The highest BCUT2D eigenvalue weighted by Gasteiger charge is 2.21. The molecule has 0 aliphatic carbocycles. The maximum absolute atomic E-state index is 14.0. The largest absolute Gasteiger partial charge is 0.321 e. The van der Waals surface area contributed by atoms with E-state index in [1.807, 2.05) is 111 Å². The second-order valence-corrected chi connectivity index (χ2v) is 9.97. The fourth-order valence-corrected chi connectivity index (χ4v) is 4.97. The molecule has 0 radical (unpaired) electrons. The minimum atomic E-state index is -0.289. The Labute approximate surface area is 230 Å². The molecule has 0 fully saturated rings. The molecule has 2 heterocycles. The SMILES string of the molecule is Cc1ccc(-n2c(-c3cc(-c4ccc(C)c(Cl)c4)[nH]c(=O)c3-c3ccccc3)nc3ccccc3c2=O)cc1. The van der Waals surface area contributed by atoms with Gasteiger partial charge in [-0.15, -0.1) is 0 Å². The van der Waals surface area contributed by atoms with Crippen molar-refractivity contribution in [2.45, 2.75) is 13.8 Å². The zero-order chi connectivity index (χ0) is 27.1. The molecule has 0 aliphatic rings. The Morgan fingerprint density at radius 2 is 1.49 bits per heavy atom. The van der Waals surface area contributed by atoms with Gasteiger partial charge in [0.05, 0.1) is 22.2 Å². The van der Waals surface area contributed by atoms with Gasteiger partial charge in [-0.05, 0) is 66.9 Å². The van der Waals surface area contributed by atoms with Crippen molar-refractivity contribution in [3.8, 4) is 39.5 Å². The van der Waals surface area contributed by atoms with Gasteiger partial charge < -0.3 is 4.98 Å². The average Bonchev–Trinajstić information content (AvgIpc) is 2.95. The van der Waals surface area contributed by atoms with Gasteiger partial charge >= 0.3 is 0 Å². The van der Waals surface area contributed by atoms with Gasteiger partial charge in [0.15, 0.2) is 0 Å². The Hall–Kier alpha value is -4.74. The second kappa shape index (κ2) is 9.86. The molecule has 0 atom stereocenters. The number of para-hydroxylation sites is 1. The standard InChI is InChI=1S/C33H24ClN3O2/c1-20-12-16-24(17-13-20)37-31(35-28-11-7-6-10-25(28)33(37)39)26-19-29(23-15-14-21(2)27(34)18-23)36-32(38)30(26)22-8-4-3-5-9-22/h3-19H,1-2H3,(H,36,38). The van der Waals surface area contributed by atoms with Crippen LogP contribution in [-0.4, -0.2) is 14.5 Å². The zero-order valence-electron chi connectivity index (χ0n) is 21.4. The van der Waals surface area contributed by atoms with E-state index in [2.05, 4.69) is 4.98 Å². The third kappa shape index (κ3) is 4.47. The second-order valence-electron chi connectivity index (χ2n) is 9.56. The van der Waals surface area contributed by atoms with Crippen molar-refractivity contribution in [3.63, 3.8) is 0 Å². The smallest absolute Gasteiger partial charge is 0.266 e. The number of H-pyrrole nitrogens is 1. The summed E-state index contributed by atoms with van der Waals surface area (Å²) in [5.74, 6) is 0.381. The number of aromatic amines is 1. The van der Waals surface area contributed by atoms with Crippen LogP contribution in [-0.2, 0) is 0 Å². The molecule has 39 heavy (non-hydrogen) atoms. The number of fused-ring (bicyclic) bond motifs is 1. The summed E-state index contributed by atoms with van der Waals surface area (Å²) in [5.41, 5.74) is 5.76. The van der Waals surface area contributed by atoms with Crippen molar-refractivity contribution in [1.29, 1.82) is 0 Å². The van der Waals surface area contributed by atoms with E-state index in [-0.39, 0.29) is 11.1 Å². The third-order valence-electron chi connectivity index (χ3n) is 6.89. The molecule has 6 heteroatoms. The van der Waals surface area contributed by atoms with E-state index >= 15 is 0 Å². The van der Waals surface area contributed by atoms with Gasteiger partial charge in [0.1, 0.15) is 5.82 Å². The van der Waals surface area contributed by atoms with E-state index in [0.717, 1.165) is 22.3 Å². The van der Waals surface area contributed by atoms with Crippen LogP contribution in [0.25, 0.3) is 50.4 Å². The molecule has 6 aromatic rings. The molecule has 2 aromatic heterocycles. The number of halogens is 1. The number of aromatic nitrogens is 3. The first-order chi connectivity index (χ1) is 18.9. The van der Waals surface area contributed by atoms with Gasteiger partial charge in [0.25, 0.3) is 11.1 Å². The number of rotatable bonds is 4. The zero-order valence-corrected chi connectivity index (χ0v) is 22.2. The summed E-state index contributed by atoms with van der Waals surface area (Å²) in [6.45, 7) is 3.92. The van der Waals surface area contributed by atoms with Gasteiger partial charge in [-0.2, -0.15) is 0 Å². The maximum Gasteiger partial charge on any atom is 0.266 e. The molecular weight excluding hydrogens is 506 g/mol. The Balaban J connectivity index is 1.75.